The summed E-state index contributed by atoms with van der Waals surface area (Å²) in [6.07, 6.45) is 3.92. The van der Waals surface area contributed by atoms with Crippen LogP contribution in [0, 0.1) is 19.8 Å². The van der Waals surface area contributed by atoms with Crippen LogP contribution in [0.15, 0.2) is 47.9 Å². The highest BCUT2D eigenvalue weighted by molar-refractivity contribution is 7.99. The van der Waals surface area contributed by atoms with E-state index in [1.165, 1.54) is 22.9 Å². The number of carbonyl (C=O) groups is 1. The van der Waals surface area contributed by atoms with E-state index in [4.69, 9.17) is 9.47 Å². The molecule has 1 atom stereocenters. The van der Waals surface area contributed by atoms with Crippen molar-refractivity contribution in [3.63, 3.8) is 0 Å². The third-order valence-corrected chi connectivity index (χ3v) is 6.90. The lowest BCUT2D eigenvalue weighted by atomic mass is 10.0. The second-order valence-electron chi connectivity index (χ2n) is 8.33. The van der Waals surface area contributed by atoms with Gasteiger partial charge in [0.15, 0.2) is 16.7 Å². The zero-order valence-electron chi connectivity index (χ0n) is 18.2. The highest BCUT2D eigenvalue weighted by atomic mass is 32.2. The molecule has 1 N–H and O–H groups in total. The van der Waals surface area contributed by atoms with Gasteiger partial charge in [-0.2, -0.15) is 0 Å². The minimum absolute atomic E-state index is 0.0171. The second kappa shape index (κ2) is 8.86. The second-order valence-corrected chi connectivity index (χ2v) is 9.27. The molecule has 2 aromatic carbocycles. The van der Waals surface area contributed by atoms with Crippen molar-refractivity contribution >= 4 is 17.7 Å². The van der Waals surface area contributed by atoms with E-state index in [-0.39, 0.29) is 17.7 Å². The van der Waals surface area contributed by atoms with Gasteiger partial charge >= 0.3 is 0 Å². The molecular weight excluding hydrogens is 424 g/mol. The van der Waals surface area contributed by atoms with Gasteiger partial charge in [0.2, 0.25) is 5.91 Å². The summed E-state index contributed by atoms with van der Waals surface area (Å²) >= 11 is 1.39. The fourth-order valence-electron chi connectivity index (χ4n) is 3.88. The van der Waals surface area contributed by atoms with Crippen LogP contribution < -0.4 is 14.8 Å². The van der Waals surface area contributed by atoms with Crippen molar-refractivity contribution in [2.24, 2.45) is 5.92 Å². The molecule has 1 saturated carbocycles. The quantitative estimate of drug-likeness (QED) is 0.548. The largest absolute Gasteiger partial charge is 0.486 e. The lowest BCUT2D eigenvalue weighted by molar-refractivity contribution is -0.119. The van der Waals surface area contributed by atoms with Crippen molar-refractivity contribution in [3.05, 3.63) is 59.4 Å². The van der Waals surface area contributed by atoms with Gasteiger partial charge in [-0.15, -0.1) is 10.2 Å². The van der Waals surface area contributed by atoms with E-state index in [1.54, 1.807) is 6.33 Å². The van der Waals surface area contributed by atoms with Gasteiger partial charge in [-0.3, -0.25) is 9.36 Å². The molecule has 1 aliphatic heterocycles. The summed E-state index contributed by atoms with van der Waals surface area (Å²) in [6.45, 7) is 5.29. The molecule has 1 unspecified atom stereocenters. The van der Waals surface area contributed by atoms with Gasteiger partial charge in [0.25, 0.3) is 0 Å². The normalized spacial score (nSPS) is 15.9. The monoisotopic (exact) mass is 450 g/mol. The Balaban J connectivity index is 1.26. The Morgan fingerprint density at radius 3 is 2.72 bits per heavy atom. The summed E-state index contributed by atoms with van der Waals surface area (Å²) in [7, 11) is 0. The number of nitrogens with one attached hydrogen (secondary N) is 1. The number of aryl methyl sites for hydroxylation is 2. The number of fused-ring (bicyclic) bond motifs is 1. The zero-order valence-corrected chi connectivity index (χ0v) is 19.0. The zero-order chi connectivity index (χ0) is 22.1. The number of rotatable bonds is 7. The number of thioether (sulfide) groups is 1. The Morgan fingerprint density at radius 2 is 1.94 bits per heavy atom. The summed E-state index contributed by atoms with van der Waals surface area (Å²) in [6, 6.07) is 12.2. The highest BCUT2D eigenvalue weighted by Gasteiger charge is 2.34. The van der Waals surface area contributed by atoms with Crippen LogP contribution in [-0.4, -0.2) is 39.6 Å². The van der Waals surface area contributed by atoms with Gasteiger partial charge < -0.3 is 14.8 Å². The number of hydrogen-bond donors (Lipinski definition) is 1. The first-order valence-corrected chi connectivity index (χ1v) is 11.9. The van der Waals surface area contributed by atoms with Crippen molar-refractivity contribution < 1.29 is 14.3 Å². The number of hydrogen-bond acceptors (Lipinski definition) is 6. The van der Waals surface area contributed by atoms with Crippen LogP contribution in [0.1, 0.15) is 35.6 Å². The van der Waals surface area contributed by atoms with Crippen LogP contribution in [0.2, 0.25) is 0 Å². The Labute approximate surface area is 191 Å². The van der Waals surface area contributed by atoms with E-state index in [0.717, 1.165) is 35.6 Å². The maximum atomic E-state index is 12.8. The molecule has 2 heterocycles. The summed E-state index contributed by atoms with van der Waals surface area (Å²) in [5.74, 6) is 2.24. The minimum Gasteiger partial charge on any atom is -0.486 e. The molecular formula is C24H26N4O3S. The predicted molar refractivity (Wildman–Crippen MR) is 123 cm³/mol. The Morgan fingerprint density at radius 1 is 1.12 bits per heavy atom. The molecule has 32 heavy (non-hydrogen) atoms. The van der Waals surface area contributed by atoms with Crippen molar-refractivity contribution in [2.75, 3.05) is 19.0 Å². The summed E-state index contributed by atoms with van der Waals surface area (Å²) in [4.78, 5) is 12.8. The van der Waals surface area contributed by atoms with E-state index in [0.29, 0.717) is 24.3 Å². The molecule has 1 amide bonds. The van der Waals surface area contributed by atoms with Crippen molar-refractivity contribution in [3.8, 4) is 17.2 Å². The summed E-state index contributed by atoms with van der Waals surface area (Å²) in [5.41, 5.74) is 4.50. The number of aromatic nitrogens is 3. The summed E-state index contributed by atoms with van der Waals surface area (Å²) in [5, 5.41) is 12.2. The van der Waals surface area contributed by atoms with Gasteiger partial charge in [-0.05, 0) is 73.6 Å². The molecule has 2 aliphatic rings. The third kappa shape index (κ3) is 4.46. The van der Waals surface area contributed by atoms with E-state index in [1.807, 2.05) is 28.8 Å². The molecule has 7 nitrogen and oxygen atoms in total. The van der Waals surface area contributed by atoms with Gasteiger partial charge in [0, 0.05) is 5.69 Å². The Kier molecular flexibility index (Phi) is 5.78. The third-order valence-electron chi connectivity index (χ3n) is 5.95. The molecule has 5 rings (SSSR count). The van der Waals surface area contributed by atoms with Gasteiger partial charge in [0.05, 0.1) is 11.8 Å². The van der Waals surface area contributed by atoms with Gasteiger partial charge in [0.1, 0.15) is 19.5 Å². The average molecular weight is 451 g/mol. The van der Waals surface area contributed by atoms with Crippen LogP contribution in [0.3, 0.4) is 0 Å². The number of carbonyl (C=O) groups excluding carboxylic acids is 1. The van der Waals surface area contributed by atoms with Crippen molar-refractivity contribution in [1.82, 2.24) is 20.1 Å². The average Bonchev–Trinajstić information content (AvgIpc) is 3.54. The maximum Gasteiger partial charge on any atom is 0.230 e. The Bertz CT molecular complexity index is 1140. The van der Waals surface area contributed by atoms with Crippen molar-refractivity contribution in [1.29, 1.82) is 0 Å². The summed E-state index contributed by atoms with van der Waals surface area (Å²) < 4.78 is 13.3. The number of benzene rings is 2. The SMILES string of the molecule is Cc1ccc(-n2cnnc2SCC(=O)NC(c2ccc3c(c2)OCCO3)C2CC2)cc1C. The topological polar surface area (TPSA) is 78.3 Å². The lowest BCUT2D eigenvalue weighted by Crippen LogP contribution is -2.31. The highest BCUT2D eigenvalue weighted by Crippen LogP contribution is 2.43. The minimum atomic E-state index is -0.0172. The molecule has 8 heteroatoms. The molecule has 0 spiro atoms. The molecule has 166 valence electrons. The van der Waals surface area contributed by atoms with E-state index >= 15 is 0 Å². The van der Waals surface area contributed by atoms with Crippen LogP contribution in [0.5, 0.6) is 11.5 Å². The predicted octanol–water partition coefficient (Wildman–Crippen LogP) is 4.01. The van der Waals surface area contributed by atoms with Crippen LogP contribution >= 0.6 is 11.8 Å². The fraction of sp³-hybridized carbons (Fsp3) is 0.375. The molecule has 0 saturated heterocycles. The Hall–Kier alpha value is -3.00. The van der Waals surface area contributed by atoms with Crippen molar-refractivity contribution in [2.45, 2.75) is 37.9 Å². The lowest BCUT2D eigenvalue weighted by Gasteiger charge is -2.23. The van der Waals surface area contributed by atoms with E-state index < -0.39 is 0 Å². The van der Waals surface area contributed by atoms with E-state index in [2.05, 4.69) is 41.5 Å². The first-order chi connectivity index (χ1) is 15.6. The molecule has 1 fully saturated rings. The van der Waals surface area contributed by atoms with Crippen LogP contribution in [0.4, 0.5) is 0 Å². The van der Waals surface area contributed by atoms with Gasteiger partial charge in [-0.1, -0.05) is 23.9 Å². The maximum absolute atomic E-state index is 12.8. The molecule has 0 radical (unpaired) electrons. The molecule has 0 bridgehead atoms. The molecule has 1 aromatic heterocycles. The number of nitrogens with zero attached hydrogens (tertiary/aromatic N) is 3. The number of ether oxygens (including phenoxy) is 2. The van der Waals surface area contributed by atoms with Gasteiger partial charge in [-0.25, -0.2) is 0 Å². The van der Waals surface area contributed by atoms with E-state index in [9.17, 15) is 4.79 Å². The standard InChI is InChI=1S/C24H26N4O3S/c1-15-3-7-19(11-16(15)2)28-14-25-27-24(28)32-13-22(29)26-23(17-4-5-17)18-6-8-20-21(12-18)31-10-9-30-20/h3,6-8,11-12,14,17,23H,4-5,9-10,13H2,1-2H3,(H,26,29). The van der Waals surface area contributed by atoms with Crippen LogP contribution in [-0.2, 0) is 4.79 Å². The smallest absolute Gasteiger partial charge is 0.230 e. The fourth-order valence-corrected chi connectivity index (χ4v) is 4.62. The van der Waals surface area contributed by atoms with Crippen LogP contribution in [0.25, 0.3) is 5.69 Å². The molecule has 3 aromatic rings. The first kappa shape index (κ1) is 20.9. The number of amides is 1. The first-order valence-electron chi connectivity index (χ1n) is 10.9. The molecule has 1 aliphatic carbocycles.